The fraction of sp³-hybridized carbons (Fsp3) is 0.292. The van der Waals surface area contributed by atoms with Crippen LogP contribution in [0.2, 0.25) is 0 Å². The van der Waals surface area contributed by atoms with Crippen LogP contribution in [0, 0.1) is 5.82 Å². The highest BCUT2D eigenvalue weighted by molar-refractivity contribution is 7.99. The molecule has 4 aromatic rings. The average Bonchev–Trinajstić information content (AvgIpc) is 3.29. The van der Waals surface area contributed by atoms with Crippen molar-refractivity contribution in [2.45, 2.75) is 23.6 Å². The third-order valence-corrected chi connectivity index (χ3v) is 6.77. The van der Waals surface area contributed by atoms with Gasteiger partial charge in [0.25, 0.3) is 11.1 Å². The van der Waals surface area contributed by atoms with Crippen molar-refractivity contribution in [3.8, 4) is 11.5 Å². The van der Waals surface area contributed by atoms with Crippen LogP contribution in [0.1, 0.15) is 6.92 Å². The monoisotopic (exact) mass is 465 g/mol. The smallest absolute Gasteiger partial charge is 0.281 e. The van der Waals surface area contributed by atoms with E-state index in [4.69, 9.17) is 4.42 Å². The topological polar surface area (TPSA) is 67.4 Å². The summed E-state index contributed by atoms with van der Waals surface area (Å²) in [4.78, 5) is 18.5. The lowest BCUT2D eigenvalue weighted by atomic mass is 10.1. The van der Waals surface area contributed by atoms with E-state index in [9.17, 15) is 4.79 Å². The second-order valence-electron chi connectivity index (χ2n) is 8.06. The molecule has 7 nitrogen and oxygen atoms in total. The van der Waals surface area contributed by atoms with Gasteiger partial charge in [-0.15, -0.1) is 10.2 Å². The first-order valence-electron chi connectivity index (χ1n) is 10.9. The molecule has 170 valence electrons. The number of rotatable bonds is 5. The average molecular weight is 466 g/mol. The molecule has 1 fully saturated rings. The number of hydrogen-bond donors (Lipinski definition) is 0. The van der Waals surface area contributed by atoms with Crippen molar-refractivity contribution in [3.05, 3.63) is 64.7 Å². The van der Waals surface area contributed by atoms with Crippen molar-refractivity contribution in [2.75, 3.05) is 38.1 Å². The minimum atomic E-state index is -0.394. The first-order chi connectivity index (χ1) is 16.0. The Bertz CT molecular complexity index is 1350. The van der Waals surface area contributed by atoms with Crippen molar-refractivity contribution in [1.82, 2.24) is 19.7 Å². The number of pyridine rings is 1. The molecule has 0 radical (unpaired) electrons. The Balaban J connectivity index is 1.54. The Morgan fingerprint density at radius 1 is 1.09 bits per heavy atom. The van der Waals surface area contributed by atoms with Crippen LogP contribution in [-0.4, -0.2) is 52.9 Å². The lowest BCUT2D eigenvalue weighted by Crippen LogP contribution is -2.44. The molecule has 0 aliphatic carbocycles. The van der Waals surface area contributed by atoms with Gasteiger partial charge in [0.15, 0.2) is 0 Å². The predicted octanol–water partition coefficient (Wildman–Crippen LogP) is 4.11. The van der Waals surface area contributed by atoms with E-state index in [-0.39, 0.29) is 16.9 Å². The van der Waals surface area contributed by atoms with Gasteiger partial charge in [-0.25, -0.2) is 4.39 Å². The maximum Gasteiger partial charge on any atom is 0.281 e. The second-order valence-corrected chi connectivity index (χ2v) is 9.08. The maximum absolute atomic E-state index is 15.1. The number of halogens is 1. The molecular weight excluding hydrogens is 441 g/mol. The van der Waals surface area contributed by atoms with Gasteiger partial charge in [-0.1, -0.05) is 18.2 Å². The quantitative estimate of drug-likeness (QED) is 0.439. The lowest BCUT2D eigenvalue weighted by Gasteiger charge is -2.34. The van der Waals surface area contributed by atoms with E-state index in [0.29, 0.717) is 28.4 Å². The summed E-state index contributed by atoms with van der Waals surface area (Å²) in [5.41, 5.74) is 1.17. The Kier molecular flexibility index (Phi) is 5.90. The number of piperazine rings is 1. The zero-order chi connectivity index (χ0) is 22.9. The molecule has 0 N–H and O–H groups in total. The van der Waals surface area contributed by atoms with E-state index >= 15 is 4.39 Å². The standard InChI is InChI=1S/C24H24FN5O2S/c1-3-29-15-18(23-26-27-24(32-23)33-16-7-5-4-6-8-16)22(31)17-13-19(25)21(14-20(17)29)30-11-9-28(2)10-12-30/h4-8,13-15H,3,9-12H2,1-2H3. The molecule has 0 spiro atoms. The molecule has 1 saturated heterocycles. The molecule has 2 aromatic carbocycles. The van der Waals surface area contributed by atoms with Crippen molar-refractivity contribution < 1.29 is 8.81 Å². The second kappa shape index (κ2) is 8.99. The van der Waals surface area contributed by atoms with Crippen molar-refractivity contribution in [1.29, 1.82) is 0 Å². The molecule has 3 heterocycles. The normalized spacial score (nSPS) is 14.8. The largest absolute Gasteiger partial charge is 0.411 e. The third kappa shape index (κ3) is 4.26. The Morgan fingerprint density at radius 2 is 1.85 bits per heavy atom. The summed E-state index contributed by atoms with van der Waals surface area (Å²) in [6, 6.07) is 12.8. The Labute approximate surface area is 194 Å². The van der Waals surface area contributed by atoms with Gasteiger partial charge in [0.05, 0.1) is 11.2 Å². The van der Waals surface area contributed by atoms with Gasteiger partial charge in [0, 0.05) is 49.2 Å². The minimum Gasteiger partial charge on any atom is -0.411 e. The van der Waals surface area contributed by atoms with Gasteiger partial charge in [0.1, 0.15) is 11.4 Å². The van der Waals surface area contributed by atoms with Crippen molar-refractivity contribution >= 4 is 28.4 Å². The molecule has 9 heteroatoms. The molecule has 1 aliphatic heterocycles. The number of benzene rings is 2. The summed E-state index contributed by atoms with van der Waals surface area (Å²) in [6.45, 7) is 5.83. The van der Waals surface area contributed by atoms with Crippen LogP contribution in [0.15, 0.2) is 68.0 Å². The zero-order valence-corrected chi connectivity index (χ0v) is 19.3. The van der Waals surface area contributed by atoms with Gasteiger partial charge in [-0.3, -0.25) is 4.79 Å². The number of fused-ring (bicyclic) bond motifs is 1. The first kappa shape index (κ1) is 21.7. The molecular formula is C24H24FN5O2S. The van der Waals surface area contributed by atoms with E-state index in [1.807, 2.05) is 46.7 Å². The fourth-order valence-electron chi connectivity index (χ4n) is 4.05. The summed E-state index contributed by atoms with van der Waals surface area (Å²) in [7, 11) is 2.06. The highest BCUT2D eigenvalue weighted by Gasteiger charge is 2.22. The maximum atomic E-state index is 15.1. The number of aromatic nitrogens is 3. The number of anilines is 1. The summed E-state index contributed by atoms with van der Waals surface area (Å²) < 4.78 is 22.9. The summed E-state index contributed by atoms with van der Waals surface area (Å²) >= 11 is 1.32. The molecule has 0 unspecified atom stereocenters. The fourth-order valence-corrected chi connectivity index (χ4v) is 4.75. The van der Waals surface area contributed by atoms with Crippen LogP contribution in [0.5, 0.6) is 0 Å². The van der Waals surface area contributed by atoms with Crippen molar-refractivity contribution in [2.24, 2.45) is 0 Å². The van der Waals surface area contributed by atoms with E-state index in [0.717, 1.165) is 31.1 Å². The SMILES string of the molecule is CCn1cc(-c2nnc(Sc3ccccc3)o2)c(=O)c2cc(F)c(N3CCN(C)CC3)cc21. The molecule has 1 aliphatic rings. The van der Waals surface area contributed by atoms with Crippen molar-refractivity contribution in [3.63, 3.8) is 0 Å². The van der Waals surface area contributed by atoms with E-state index < -0.39 is 5.82 Å². The Morgan fingerprint density at radius 3 is 2.58 bits per heavy atom. The molecule has 0 atom stereocenters. The molecule has 33 heavy (non-hydrogen) atoms. The summed E-state index contributed by atoms with van der Waals surface area (Å²) in [5.74, 6) is -0.263. The summed E-state index contributed by atoms with van der Waals surface area (Å²) in [6.07, 6.45) is 1.72. The number of aryl methyl sites for hydroxylation is 1. The van der Waals surface area contributed by atoms with Crippen LogP contribution < -0.4 is 10.3 Å². The van der Waals surface area contributed by atoms with Crippen LogP contribution in [0.3, 0.4) is 0 Å². The highest BCUT2D eigenvalue weighted by atomic mass is 32.2. The lowest BCUT2D eigenvalue weighted by molar-refractivity contribution is 0.312. The first-order valence-corrected chi connectivity index (χ1v) is 11.7. The molecule has 0 bridgehead atoms. The Hall–Kier alpha value is -3.17. The molecule has 2 aromatic heterocycles. The minimum absolute atomic E-state index is 0.131. The highest BCUT2D eigenvalue weighted by Crippen LogP contribution is 2.30. The van der Waals surface area contributed by atoms with Gasteiger partial charge >= 0.3 is 0 Å². The van der Waals surface area contributed by atoms with Gasteiger partial charge in [-0.2, -0.15) is 0 Å². The summed E-state index contributed by atoms with van der Waals surface area (Å²) in [5, 5.41) is 8.81. The number of likely N-dealkylation sites (N-methyl/N-ethyl adjacent to an activating group) is 1. The third-order valence-electron chi connectivity index (χ3n) is 5.92. The van der Waals surface area contributed by atoms with Gasteiger partial charge in [-0.05, 0) is 50.0 Å². The van der Waals surface area contributed by atoms with Crippen LogP contribution in [-0.2, 0) is 6.54 Å². The van der Waals surface area contributed by atoms with Crippen LogP contribution in [0.4, 0.5) is 10.1 Å². The van der Waals surface area contributed by atoms with Gasteiger partial charge in [0.2, 0.25) is 5.43 Å². The van der Waals surface area contributed by atoms with E-state index in [2.05, 4.69) is 22.1 Å². The molecule has 0 saturated carbocycles. The molecule has 0 amide bonds. The van der Waals surface area contributed by atoms with Gasteiger partial charge < -0.3 is 18.8 Å². The van der Waals surface area contributed by atoms with E-state index in [1.54, 1.807) is 12.3 Å². The number of hydrogen-bond acceptors (Lipinski definition) is 7. The van der Waals surface area contributed by atoms with E-state index in [1.165, 1.54) is 17.8 Å². The molecule has 5 rings (SSSR count). The van der Waals surface area contributed by atoms with Crippen LogP contribution >= 0.6 is 11.8 Å². The number of nitrogens with zero attached hydrogens (tertiary/aromatic N) is 5. The predicted molar refractivity (Wildman–Crippen MR) is 127 cm³/mol. The zero-order valence-electron chi connectivity index (χ0n) is 18.5. The van der Waals surface area contributed by atoms with Crippen LogP contribution in [0.25, 0.3) is 22.4 Å².